The van der Waals surface area contributed by atoms with Gasteiger partial charge in [-0.25, -0.2) is 0 Å². The zero-order chi connectivity index (χ0) is 16.9. The lowest BCUT2D eigenvalue weighted by Crippen LogP contribution is -2.33. The predicted molar refractivity (Wildman–Crippen MR) is 106 cm³/mol. The van der Waals surface area contributed by atoms with Gasteiger partial charge < -0.3 is 4.90 Å². The molecular formula is C23H29N. The molecule has 0 unspecified atom stereocenters. The number of piperidine rings is 1. The number of anilines is 1. The van der Waals surface area contributed by atoms with Crippen LogP contribution in [0.2, 0.25) is 0 Å². The molecule has 0 spiro atoms. The highest BCUT2D eigenvalue weighted by molar-refractivity contribution is 5.61. The van der Waals surface area contributed by atoms with Crippen molar-refractivity contribution in [3.63, 3.8) is 0 Å². The lowest BCUT2D eigenvalue weighted by molar-refractivity contribution is 0.382. The fourth-order valence-electron chi connectivity index (χ4n) is 3.60. The average Bonchev–Trinajstić information content (AvgIpc) is 2.61. The first kappa shape index (κ1) is 16.8. The maximum atomic E-state index is 4.05. The summed E-state index contributed by atoms with van der Waals surface area (Å²) >= 11 is 0. The van der Waals surface area contributed by atoms with Crippen LogP contribution < -0.4 is 4.90 Å². The number of nitrogens with zero attached hydrogens (tertiary/aromatic N) is 1. The Bertz CT molecular complexity index is 675. The number of hydrogen-bond acceptors (Lipinski definition) is 1. The highest BCUT2D eigenvalue weighted by Gasteiger charge is 2.19. The van der Waals surface area contributed by atoms with Crippen LogP contribution in [-0.2, 0) is 6.42 Å². The Kier molecular flexibility index (Phi) is 5.40. The van der Waals surface area contributed by atoms with E-state index in [0.29, 0.717) is 0 Å². The van der Waals surface area contributed by atoms with Crippen LogP contribution in [0.1, 0.15) is 42.9 Å². The van der Waals surface area contributed by atoms with Crippen LogP contribution in [0.3, 0.4) is 0 Å². The fraction of sp³-hybridized carbons (Fsp3) is 0.391. The second-order valence-corrected chi connectivity index (χ2v) is 7.29. The van der Waals surface area contributed by atoms with Crippen LogP contribution in [-0.4, -0.2) is 13.1 Å². The number of hydrogen-bond donors (Lipinski definition) is 0. The molecule has 1 nitrogen and oxygen atoms in total. The first-order valence-electron chi connectivity index (χ1n) is 9.18. The van der Waals surface area contributed by atoms with E-state index >= 15 is 0 Å². The molecule has 0 saturated carbocycles. The van der Waals surface area contributed by atoms with Crippen molar-refractivity contribution in [3.05, 3.63) is 71.8 Å². The molecule has 1 saturated heterocycles. The van der Waals surface area contributed by atoms with Crippen molar-refractivity contribution in [2.75, 3.05) is 18.0 Å². The Labute approximate surface area is 147 Å². The molecule has 2 aromatic carbocycles. The van der Waals surface area contributed by atoms with Crippen LogP contribution in [0.25, 0.3) is 5.57 Å². The summed E-state index contributed by atoms with van der Waals surface area (Å²) < 4.78 is 0. The van der Waals surface area contributed by atoms with E-state index in [1.54, 1.807) is 0 Å². The van der Waals surface area contributed by atoms with Gasteiger partial charge >= 0.3 is 0 Å². The first-order chi connectivity index (χ1) is 11.6. The maximum Gasteiger partial charge on any atom is 0.0366 e. The van der Waals surface area contributed by atoms with Crippen LogP contribution in [0.15, 0.2) is 55.1 Å². The minimum absolute atomic E-state index is 0.861. The molecule has 0 atom stereocenters. The lowest BCUT2D eigenvalue weighted by atomic mass is 9.90. The van der Waals surface area contributed by atoms with E-state index in [1.165, 1.54) is 61.2 Å². The SMILES string of the molecule is C=C(C)c1cccc(CCC2CCN(c3ccc(C)cc3)CC2)c1. The topological polar surface area (TPSA) is 3.24 Å². The summed E-state index contributed by atoms with van der Waals surface area (Å²) in [5.41, 5.74) is 6.61. The summed E-state index contributed by atoms with van der Waals surface area (Å²) in [6.45, 7) is 10.7. The third kappa shape index (κ3) is 4.29. The van der Waals surface area contributed by atoms with Crippen molar-refractivity contribution >= 4 is 11.3 Å². The van der Waals surface area contributed by atoms with E-state index in [0.717, 1.165) is 11.5 Å². The van der Waals surface area contributed by atoms with Crippen molar-refractivity contribution in [1.82, 2.24) is 0 Å². The average molecular weight is 319 g/mol. The predicted octanol–water partition coefficient (Wildman–Crippen LogP) is 5.88. The van der Waals surface area contributed by atoms with Crippen LogP contribution >= 0.6 is 0 Å². The largest absolute Gasteiger partial charge is 0.372 e. The molecular weight excluding hydrogens is 290 g/mol. The van der Waals surface area contributed by atoms with E-state index in [4.69, 9.17) is 0 Å². The van der Waals surface area contributed by atoms with Crippen molar-refractivity contribution in [3.8, 4) is 0 Å². The molecule has 1 fully saturated rings. The number of aryl methyl sites for hydroxylation is 2. The molecule has 0 amide bonds. The molecule has 1 aliphatic rings. The van der Waals surface area contributed by atoms with Crippen molar-refractivity contribution in [1.29, 1.82) is 0 Å². The van der Waals surface area contributed by atoms with Gasteiger partial charge in [0.25, 0.3) is 0 Å². The Hall–Kier alpha value is -2.02. The van der Waals surface area contributed by atoms with Crippen molar-refractivity contribution in [2.24, 2.45) is 5.92 Å². The van der Waals surface area contributed by atoms with Gasteiger partial charge in [-0.1, -0.05) is 54.1 Å². The molecule has 1 heteroatoms. The lowest BCUT2D eigenvalue weighted by Gasteiger charge is -2.33. The molecule has 0 radical (unpaired) electrons. The maximum absolute atomic E-state index is 4.05. The first-order valence-corrected chi connectivity index (χ1v) is 9.18. The normalized spacial score (nSPS) is 15.5. The van der Waals surface area contributed by atoms with E-state index in [-0.39, 0.29) is 0 Å². The summed E-state index contributed by atoms with van der Waals surface area (Å²) in [4.78, 5) is 2.54. The second kappa shape index (κ2) is 7.70. The Balaban J connectivity index is 1.50. The third-order valence-electron chi connectivity index (χ3n) is 5.27. The van der Waals surface area contributed by atoms with Gasteiger partial charge in [-0.15, -0.1) is 0 Å². The second-order valence-electron chi connectivity index (χ2n) is 7.29. The van der Waals surface area contributed by atoms with E-state index < -0.39 is 0 Å². The minimum Gasteiger partial charge on any atom is -0.372 e. The van der Waals surface area contributed by atoms with E-state index in [9.17, 15) is 0 Å². The van der Waals surface area contributed by atoms with Crippen LogP contribution in [0.4, 0.5) is 5.69 Å². The molecule has 0 N–H and O–H groups in total. The number of allylic oxidation sites excluding steroid dienone is 1. The summed E-state index contributed by atoms with van der Waals surface area (Å²) in [5, 5.41) is 0. The molecule has 1 heterocycles. The molecule has 24 heavy (non-hydrogen) atoms. The molecule has 1 aliphatic heterocycles. The third-order valence-corrected chi connectivity index (χ3v) is 5.27. The Morgan fingerprint density at radius 2 is 1.79 bits per heavy atom. The van der Waals surface area contributed by atoms with Gasteiger partial charge in [-0.05, 0) is 68.7 Å². The van der Waals surface area contributed by atoms with Crippen molar-refractivity contribution < 1.29 is 0 Å². The highest BCUT2D eigenvalue weighted by Crippen LogP contribution is 2.27. The highest BCUT2D eigenvalue weighted by atomic mass is 15.1. The zero-order valence-corrected chi connectivity index (χ0v) is 15.1. The Morgan fingerprint density at radius 1 is 1.08 bits per heavy atom. The Morgan fingerprint density at radius 3 is 2.46 bits per heavy atom. The van der Waals surface area contributed by atoms with Crippen LogP contribution in [0, 0.1) is 12.8 Å². The number of benzene rings is 2. The molecule has 0 bridgehead atoms. The van der Waals surface area contributed by atoms with Gasteiger partial charge in [-0.2, -0.15) is 0 Å². The molecule has 126 valence electrons. The van der Waals surface area contributed by atoms with Gasteiger partial charge in [0.15, 0.2) is 0 Å². The smallest absolute Gasteiger partial charge is 0.0366 e. The standard InChI is InChI=1S/C23H29N/c1-18(2)22-6-4-5-21(17-22)10-9-20-13-15-24(16-14-20)23-11-7-19(3)8-12-23/h4-8,11-12,17,20H,1,9-10,13-16H2,2-3H3. The number of rotatable bonds is 5. The molecule has 3 rings (SSSR count). The minimum atomic E-state index is 0.861. The quantitative estimate of drug-likeness (QED) is 0.665. The van der Waals surface area contributed by atoms with Gasteiger partial charge in [-0.3, -0.25) is 0 Å². The van der Waals surface area contributed by atoms with Gasteiger partial charge in [0.05, 0.1) is 0 Å². The van der Waals surface area contributed by atoms with E-state index in [2.05, 4.69) is 73.9 Å². The zero-order valence-electron chi connectivity index (χ0n) is 15.1. The summed E-state index contributed by atoms with van der Waals surface area (Å²) in [6, 6.07) is 17.9. The van der Waals surface area contributed by atoms with Gasteiger partial charge in [0, 0.05) is 18.8 Å². The molecule has 0 aliphatic carbocycles. The van der Waals surface area contributed by atoms with Crippen molar-refractivity contribution in [2.45, 2.75) is 39.5 Å². The molecule has 2 aromatic rings. The fourth-order valence-corrected chi connectivity index (χ4v) is 3.60. The van der Waals surface area contributed by atoms with Gasteiger partial charge in [0.1, 0.15) is 0 Å². The van der Waals surface area contributed by atoms with Crippen LogP contribution in [0.5, 0.6) is 0 Å². The summed E-state index contributed by atoms with van der Waals surface area (Å²) in [7, 11) is 0. The summed E-state index contributed by atoms with van der Waals surface area (Å²) in [6.07, 6.45) is 5.12. The molecule has 0 aromatic heterocycles. The monoisotopic (exact) mass is 319 g/mol. The van der Waals surface area contributed by atoms with E-state index in [1.807, 2.05) is 0 Å². The van der Waals surface area contributed by atoms with Gasteiger partial charge in [0.2, 0.25) is 0 Å². The summed E-state index contributed by atoms with van der Waals surface area (Å²) in [5.74, 6) is 0.861.